The van der Waals surface area contributed by atoms with Gasteiger partial charge in [-0.3, -0.25) is 14.4 Å². The van der Waals surface area contributed by atoms with E-state index in [1.807, 2.05) is 30.3 Å². The van der Waals surface area contributed by atoms with E-state index in [1.165, 1.54) is 50.5 Å². The van der Waals surface area contributed by atoms with Gasteiger partial charge in [-0.15, -0.1) is 22.0 Å². The lowest BCUT2D eigenvalue weighted by atomic mass is 9.96. The first-order valence-electron chi connectivity index (χ1n) is 16.4. The van der Waals surface area contributed by atoms with E-state index in [-0.39, 0.29) is 31.1 Å². The summed E-state index contributed by atoms with van der Waals surface area (Å²) in [6.07, 6.45) is -1.04. The van der Waals surface area contributed by atoms with Crippen LogP contribution in [0.1, 0.15) is 32.9 Å². The molecule has 4 heterocycles. The summed E-state index contributed by atoms with van der Waals surface area (Å²) in [5, 5.41) is 16.2. The molecule has 53 heavy (non-hydrogen) atoms. The summed E-state index contributed by atoms with van der Waals surface area (Å²) >= 11 is 1.20. The minimum absolute atomic E-state index is 0.0346. The predicted octanol–water partition coefficient (Wildman–Crippen LogP) is 3.70. The first-order chi connectivity index (χ1) is 25.4. The maximum atomic E-state index is 14.2. The van der Waals surface area contributed by atoms with Crippen LogP contribution in [0.4, 0.5) is 13.2 Å². The molecule has 2 aliphatic rings. The van der Waals surface area contributed by atoms with Crippen LogP contribution >= 0.6 is 11.8 Å². The molecule has 5 unspecified atom stereocenters. The van der Waals surface area contributed by atoms with Crippen LogP contribution in [0, 0.1) is 17.5 Å². The third kappa shape index (κ3) is 8.53. The lowest BCUT2D eigenvalue weighted by Gasteiger charge is -2.46. The largest absolute Gasteiger partial charge is 0.463 e. The Labute approximate surface area is 305 Å². The second-order valence-corrected chi connectivity index (χ2v) is 13.6. The average molecular weight is 761 g/mol. The Kier molecular flexibility index (Phi) is 11.8. The molecule has 0 bridgehead atoms. The molecule has 6 rings (SSSR count). The summed E-state index contributed by atoms with van der Waals surface area (Å²) in [6, 6.07) is 9.30. The van der Waals surface area contributed by atoms with Crippen molar-refractivity contribution in [3.63, 3.8) is 0 Å². The summed E-state index contributed by atoms with van der Waals surface area (Å²) in [6.45, 7) is 3.56. The van der Waals surface area contributed by atoms with Crippen LogP contribution in [0.5, 0.6) is 0 Å². The molecule has 8 atom stereocenters. The summed E-state index contributed by atoms with van der Waals surface area (Å²) in [5.74, 6) is -6.38. The van der Waals surface area contributed by atoms with Gasteiger partial charge in [0.25, 0.3) is 0 Å². The molecule has 2 saturated heterocycles. The van der Waals surface area contributed by atoms with Gasteiger partial charge in [0, 0.05) is 39.0 Å². The fraction of sp³-hybridized carbons (Fsp3) is 0.441. The van der Waals surface area contributed by atoms with Gasteiger partial charge in [0.2, 0.25) is 0 Å². The van der Waals surface area contributed by atoms with Gasteiger partial charge in [-0.1, -0.05) is 40.8 Å². The number of esters is 3. The van der Waals surface area contributed by atoms with Crippen LogP contribution < -0.4 is 0 Å². The van der Waals surface area contributed by atoms with Crippen molar-refractivity contribution < 1.29 is 56.0 Å². The number of thioether (sulfide) groups is 1. The van der Waals surface area contributed by atoms with Crippen LogP contribution in [0.25, 0.3) is 22.5 Å². The topological polar surface area (TPSA) is 168 Å². The molecule has 2 aromatic heterocycles. The van der Waals surface area contributed by atoms with Crippen molar-refractivity contribution >= 4 is 29.7 Å². The van der Waals surface area contributed by atoms with E-state index in [2.05, 4.69) is 20.6 Å². The molecule has 2 aliphatic heterocycles. The fourth-order valence-electron chi connectivity index (χ4n) is 6.27. The Morgan fingerprint density at radius 1 is 0.830 bits per heavy atom. The molecule has 2 fully saturated rings. The van der Waals surface area contributed by atoms with Crippen LogP contribution in [0.3, 0.4) is 0 Å². The number of ether oxygens (including phenoxy) is 6. The fourth-order valence-corrected chi connectivity index (χ4v) is 7.81. The van der Waals surface area contributed by atoms with Crippen molar-refractivity contribution in [2.24, 2.45) is 0 Å². The molecular weight excluding hydrogens is 725 g/mol. The highest BCUT2D eigenvalue weighted by atomic mass is 32.2. The van der Waals surface area contributed by atoms with Gasteiger partial charge in [0.15, 0.2) is 23.6 Å². The Morgan fingerprint density at radius 3 is 2.09 bits per heavy atom. The van der Waals surface area contributed by atoms with E-state index < -0.39 is 82.5 Å². The molecule has 0 aliphatic carbocycles. The highest BCUT2D eigenvalue weighted by Crippen LogP contribution is 2.43. The second kappa shape index (κ2) is 16.4. The second-order valence-electron chi connectivity index (χ2n) is 12.3. The Hall–Kier alpha value is -4.85. The molecule has 15 nitrogen and oxygen atoms in total. The minimum Gasteiger partial charge on any atom is -0.463 e. The molecule has 0 spiro atoms. The maximum Gasteiger partial charge on any atom is 0.303 e. The van der Waals surface area contributed by atoms with Crippen molar-refractivity contribution in [3.8, 4) is 22.5 Å². The van der Waals surface area contributed by atoms with E-state index in [4.69, 9.17) is 28.4 Å². The van der Waals surface area contributed by atoms with Crippen LogP contribution in [0.2, 0.25) is 0 Å². The van der Waals surface area contributed by atoms with Gasteiger partial charge < -0.3 is 28.4 Å². The number of carbonyl (C=O) groups is 3. The highest BCUT2D eigenvalue weighted by molar-refractivity contribution is 8.00. The zero-order valence-corrected chi connectivity index (χ0v) is 29.7. The van der Waals surface area contributed by atoms with Crippen molar-refractivity contribution in [2.75, 3.05) is 26.9 Å². The van der Waals surface area contributed by atoms with E-state index >= 15 is 0 Å². The molecule has 2 aromatic carbocycles. The molecule has 0 N–H and O–H groups in total. The number of benzene rings is 2. The van der Waals surface area contributed by atoms with Gasteiger partial charge in [-0.05, 0) is 12.1 Å². The summed E-state index contributed by atoms with van der Waals surface area (Å²) in [7, 11) is 1.39. The third-order valence-corrected chi connectivity index (χ3v) is 9.99. The smallest absolute Gasteiger partial charge is 0.303 e. The monoisotopic (exact) mass is 760 g/mol. The molecule has 4 aromatic rings. The van der Waals surface area contributed by atoms with E-state index in [1.54, 1.807) is 10.9 Å². The van der Waals surface area contributed by atoms with E-state index in [0.29, 0.717) is 5.69 Å². The Bertz CT molecular complexity index is 1910. The molecular formula is C34H35F3N6O9S. The molecule has 282 valence electrons. The Balaban J connectivity index is 1.35. The number of halogens is 3. The standard InChI is InChI=1S/C34H35F3N6O9S/c1-17(44)49-15-27-32(51-19(3)46)30(43-13-25(39-41-43)21-10-22(35)29(37)23(36)11-21)33(47-4)34(52-27)53-28-16-48-14-26(31(28)50-18(2)45)42-12-24(38-40-42)20-8-6-5-7-9-20/h5-13,26-28,30-34H,14-16H2,1-4H3/t26-,27?,28+,30?,31+,32?,33?,34?/m0/s1. The molecule has 19 heteroatoms. The Morgan fingerprint density at radius 2 is 1.45 bits per heavy atom. The minimum atomic E-state index is -1.64. The van der Waals surface area contributed by atoms with Gasteiger partial charge in [-0.25, -0.2) is 22.5 Å². The van der Waals surface area contributed by atoms with Crippen LogP contribution in [0.15, 0.2) is 54.9 Å². The predicted molar refractivity (Wildman–Crippen MR) is 178 cm³/mol. The van der Waals surface area contributed by atoms with Crippen LogP contribution in [-0.2, 0) is 42.8 Å². The van der Waals surface area contributed by atoms with Crippen LogP contribution in [-0.4, -0.2) is 110 Å². The SMILES string of the molecule is COC1C(S[C@@H]2COC[C@H](n3cc(-c4ccccc4)nn3)[C@H]2OC(C)=O)OC(COC(C)=O)C(OC(C)=O)C1n1cc(-c2cc(F)c(F)c(F)c2)nn1. The lowest BCUT2D eigenvalue weighted by molar-refractivity contribution is -0.208. The number of carbonyl (C=O) groups excluding carboxylic acids is 3. The maximum absolute atomic E-state index is 14.2. The van der Waals surface area contributed by atoms with Crippen molar-refractivity contribution in [1.29, 1.82) is 0 Å². The van der Waals surface area contributed by atoms with Gasteiger partial charge >= 0.3 is 17.9 Å². The highest BCUT2D eigenvalue weighted by Gasteiger charge is 2.52. The van der Waals surface area contributed by atoms with E-state index in [0.717, 1.165) is 17.7 Å². The normalized spacial score (nSPS) is 25.8. The first kappa shape index (κ1) is 37.9. The zero-order valence-electron chi connectivity index (χ0n) is 28.8. The van der Waals surface area contributed by atoms with Crippen molar-refractivity contribution in [3.05, 3.63) is 72.3 Å². The van der Waals surface area contributed by atoms with Crippen molar-refractivity contribution in [1.82, 2.24) is 30.0 Å². The van der Waals surface area contributed by atoms with Gasteiger partial charge in [-0.2, -0.15) is 0 Å². The average Bonchev–Trinajstić information content (AvgIpc) is 3.82. The molecule has 0 saturated carbocycles. The van der Waals surface area contributed by atoms with Crippen molar-refractivity contribution in [2.45, 2.75) is 68.0 Å². The van der Waals surface area contributed by atoms with Gasteiger partial charge in [0.1, 0.15) is 53.8 Å². The lowest BCUT2D eigenvalue weighted by Crippen LogP contribution is -2.58. The zero-order chi connectivity index (χ0) is 37.8. The molecule has 0 amide bonds. The number of rotatable bonds is 11. The summed E-state index contributed by atoms with van der Waals surface area (Å²) < 4.78 is 80.2. The third-order valence-electron chi connectivity index (χ3n) is 8.58. The quantitative estimate of drug-likeness (QED) is 0.123. The number of aromatic nitrogens is 6. The van der Waals surface area contributed by atoms with Gasteiger partial charge in [0.05, 0.1) is 30.9 Å². The number of methoxy groups -OCH3 is 1. The number of nitrogens with zero attached hydrogens (tertiary/aromatic N) is 6. The molecule has 0 radical (unpaired) electrons. The number of hydrogen-bond donors (Lipinski definition) is 0. The van der Waals surface area contributed by atoms with E-state index in [9.17, 15) is 27.6 Å². The number of hydrogen-bond acceptors (Lipinski definition) is 14. The summed E-state index contributed by atoms with van der Waals surface area (Å²) in [5.41, 5.74) is 0.336. The summed E-state index contributed by atoms with van der Waals surface area (Å²) in [4.78, 5) is 36.8. The first-order valence-corrected chi connectivity index (χ1v) is 17.3.